The molecule has 0 saturated carbocycles. The lowest BCUT2D eigenvalue weighted by atomic mass is 10.1. The molecule has 4 heteroatoms. The number of nitro benzene ring substituents is 1. The summed E-state index contributed by atoms with van der Waals surface area (Å²) >= 11 is 0. The Morgan fingerprint density at radius 1 is 1.50 bits per heavy atom. The molecule has 0 atom stereocenters. The van der Waals surface area contributed by atoms with E-state index in [4.69, 9.17) is 0 Å². The first-order valence-electron chi connectivity index (χ1n) is 5.26. The highest BCUT2D eigenvalue weighted by Crippen LogP contribution is 2.24. The Morgan fingerprint density at radius 2 is 2.25 bits per heavy atom. The zero-order chi connectivity index (χ0) is 12.0. The third kappa shape index (κ3) is 3.08. The molecule has 0 aliphatic heterocycles. The van der Waals surface area contributed by atoms with Gasteiger partial charge in [-0.3, -0.25) is 10.1 Å². The van der Waals surface area contributed by atoms with Crippen molar-refractivity contribution in [2.45, 2.75) is 20.3 Å². The standard InChI is InChI=1S/C12H16N2O2/c1-3-4-5-9-13-11-7-6-8-12(10(11)2)14(15)16/h3-4,6-8,13H,5,9H2,1-2H3/b4-3+. The van der Waals surface area contributed by atoms with Crippen molar-refractivity contribution in [3.63, 3.8) is 0 Å². The van der Waals surface area contributed by atoms with Crippen LogP contribution >= 0.6 is 0 Å². The molecule has 1 aromatic rings. The molecule has 86 valence electrons. The summed E-state index contributed by atoms with van der Waals surface area (Å²) < 4.78 is 0. The van der Waals surface area contributed by atoms with E-state index in [0.717, 1.165) is 18.7 Å². The van der Waals surface area contributed by atoms with Crippen LogP contribution in [0.5, 0.6) is 0 Å². The third-order valence-electron chi connectivity index (χ3n) is 2.36. The van der Waals surface area contributed by atoms with E-state index in [1.807, 2.05) is 19.1 Å². The molecule has 0 bridgehead atoms. The molecule has 0 aromatic heterocycles. The first kappa shape index (κ1) is 12.2. The van der Waals surface area contributed by atoms with E-state index in [9.17, 15) is 10.1 Å². The van der Waals surface area contributed by atoms with Gasteiger partial charge in [-0.15, -0.1) is 0 Å². The molecular weight excluding hydrogens is 204 g/mol. The molecule has 4 nitrogen and oxygen atoms in total. The van der Waals surface area contributed by atoms with E-state index in [-0.39, 0.29) is 10.6 Å². The molecule has 1 aromatic carbocycles. The molecule has 0 heterocycles. The zero-order valence-electron chi connectivity index (χ0n) is 9.56. The number of hydrogen-bond acceptors (Lipinski definition) is 3. The van der Waals surface area contributed by atoms with E-state index in [1.54, 1.807) is 13.0 Å². The van der Waals surface area contributed by atoms with Gasteiger partial charge in [0.05, 0.1) is 4.92 Å². The van der Waals surface area contributed by atoms with Gasteiger partial charge in [0.15, 0.2) is 0 Å². The highest BCUT2D eigenvalue weighted by atomic mass is 16.6. The highest BCUT2D eigenvalue weighted by Gasteiger charge is 2.12. The summed E-state index contributed by atoms with van der Waals surface area (Å²) in [7, 11) is 0. The fourth-order valence-corrected chi connectivity index (χ4v) is 1.47. The summed E-state index contributed by atoms with van der Waals surface area (Å²) in [5.41, 5.74) is 1.68. The first-order chi connectivity index (χ1) is 7.66. The van der Waals surface area contributed by atoms with Crippen LogP contribution in [0.15, 0.2) is 30.4 Å². The van der Waals surface area contributed by atoms with Crippen LogP contribution in [0, 0.1) is 17.0 Å². The topological polar surface area (TPSA) is 55.2 Å². The minimum absolute atomic E-state index is 0.163. The molecule has 0 aliphatic rings. The maximum atomic E-state index is 10.7. The van der Waals surface area contributed by atoms with E-state index in [0.29, 0.717) is 5.56 Å². The van der Waals surface area contributed by atoms with Crippen molar-refractivity contribution in [2.75, 3.05) is 11.9 Å². The predicted molar refractivity (Wildman–Crippen MR) is 65.8 cm³/mol. The minimum Gasteiger partial charge on any atom is -0.384 e. The molecule has 1 rings (SSSR count). The van der Waals surface area contributed by atoms with E-state index >= 15 is 0 Å². The highest BCUT2D eigenvalue weighted by molar-refractivity contribution is 5.59. The van der Waals surface area contributed by atoms with Gasteiger partial charge in [-0.1, -0.05) is 18.2 Å². The Bertz CT molecular complexity index is 400. The predicted octanol–water partition coefficient (Wildman–Crippen LogP) is 3.28. The second-order valence-electron chi connectivity index (χ2n) is 3.49. The monoisotopic (exact) mass is 220 g/mol. The molecule has 0 spiro atoms. The normalized spacial score (nSPS) is 10.6. The van der Waals surface area contributed by atoms with Gasteiger partial charge in [-0.25, -0.2) is 0 Å². The van der Waals surface area contributed by atoms with Crippen LogP contribution in [0.2, 0.25) is 0 Å². The van der Waals surface area contributed by atoms with Gasteiger partial charge in [0.2, 0.25) is 0 Å². The van der Waals surface area contributed by atoms with Crippen LogP contribution < -0.4 is 5.32 Å². The summed E-state index contributed by atoms with van der Waals surface area (Å²) in [4.78, 5) is 10.4. The molecule has 0 fully saturated rings. The Hall–Kier alpha value is -1.84. The van der Waals surface area contributed by atoms with Crippen molar-refractivity contribution in [3.05, 3.63) is 46.0 Å². The summed E-state index contributed by atoms with van der Waals surface area (Å²) in [6, 6.07) is 5.08. The quantitative estimate of drug-likeness (QED) is 0.358. The van der Waals surface area contributed by atoms with E-state index < -0.39 is 0 Å². The Labute approximate surface area is 95.1 Å². The fraction of sp³-hybridized carbons (Fsp3) is 0.333. The average Bonchev–Trinajstić information content (AvgIpc) is 2.26. The lowest BCUT2D eigenvalue weighted by Gasteiger charge is -2.08. The maximum Gasteiger partial charge on any atom is 0.274 e. The van der Waals surface area contributed by atoms with Crippen LogP contribution in [0.25, 0.3) is 0 Å². The molecule has 0 radical (unpaired) electrons. The van der Waals surface area contributed by atoms with Gasteiger partial charge in [-0.05, 0) is 26.3 Å². The third-order valence-corrected chi connectivity index (χ3v) is 2.36. The lowest BCUT2D eigenvalue weighted by molar-refractivity contribution is -0.385. The SMILES string of the molecule is C/C=C/CCNc1cccc([N+](=O)[O-])c1C. The molecule has 1 N–H and O–H groups in total. The van der Waals surface area contributed by atoms with E-state index in [2.05, 4.69) is 11.4 Å². The maximum absolute atomic E-state index is 10.7. The van der Waals surface area contributed by atoms with Crippen molar-refractivity contribution in [1.82, 2.24) is 0 Å². The molecule has 0 saturated heterocycles. The molecule has 0 amide bonds. The van der Waals surface area contributed by atoms with Crippen LogP contribution in [0.1, 0.15) is 18.9 Å². The smallest absolute Gasteiger partial charge is 0.274 e. The molecule has 0 aliphatic carbocycles. The van der Waals surface area contributed by atoms with Gasteiger partial charge in [0.25, 0.3) is 5.69 Å². The number of nitrogens with one attached hydrogen (secondary N) is 1. The first-order valence-corrected chi connectivity index (χ1v) is 5.26. The second kappa shape index (κ2) is 5.90. The van der Waals surface area contributed by atoms with Crippen LogP contribution in [0.4, 0.5) is 11.4 Å². The molecule has 16 heavy (non-hydrogen) atoms. The largest absolute Gasteiger partial charge is 0.384 e. The van der Waals surface area contributed by atoms with Gasteiger partial charge in [-0.2, -0.15) is 0 Å². The van der Waals surface area contributed by atoms with Crippen molar-refractivity contribution in [2.24, 2.45) is 0 Å². The Balaban J connectivity index is 2.73. The molecule has 0 unspecified atom stereocenters. The van der Waals surface area contributed by atoms with Gasteiger partial charge in [0.1, 0.15) is 0 Å². The number of allylic oxidation sites excluding steroid dienone is 1. The Morgan fingerprint density at radius 3 is 2.88 bits per heavy atom. The summed E-state index contributed by atoms with van der Waals surface area (Å²) in [5.74, 6) is 0. The molecular formula is C12H16N2O2. The lowest BCUT2D eigenvalue weighted by Crippen LogP contribution is -2.03. The fourth-order valence-electron chi connectivity index (χ4n) is 1.47. The Kier molecular flexibility index (Phi) is 4.51. The van der Waals surface area contributed by atoms with Gasteiger partial charge in [0, 0.05) is 23.9 Å². The number of hydrogen-bond donors (Lipinski definition) is 1. The van der Waals surface area contributed by atoms with Crippen LogP contribution in [-0.4, -0.2) is 11.5 Å². The van der Waals surface area contributed by atoms with Crippen molar-refractivity contribution >= 4 is 11.4 Å². The van der Waals surface area contributed by atoms with Crippen LogP contribution in [-0.2, 0) is 0 Å². The minimum atomic E-state index is -0.355. The number of nitrogens with zero attached hydrogens (tertiary/aromatic N) is 1. The summed E-state index contributed by atoms with van der Waals surface area (Å²) in [6.07, 6.45) is 4.96. The van der Waals surface area contributed by atoms with Gasteiger partial charge >= 0.3 is 0 Å². The second-order valence-corrected chi connectivity index (χ2v) is 3.49. The number of benzene rings is 1. The summed E-state index contributed by atoms with van der Waals surface area (Å²) in [5, 5.41) is 13.9. The number of nitro groups is 1. The van der Waals surface area contributed by atoms with Crippen molar-refractivity contribution in [1.29, 1.82) is 0 Å². The van der Waals surface area contributed by atoms with Crippen molar-refractivity contribution in [3.8, 4) is 0 Å². The van der Waals surface area contributed by atoms with Gasteiger partial charge < -0.3 is 5.32 Å². The van der Waals surface area contributed by atoms with E-state index in [1.165, 1.54) is 6.07 Å². The summed E-state index contributed by atoms with van der Waals surface area (Å²) in [6.45, 7) is 4.51. The number of rotatable bonds is 5. The van der Waals surface area contributed by atoms with Crippen molar-refractivity contribution < 1.29 is 4.92 Å². The van der Waals surface area contributed by atoms with Crippen LogP contribution in [0.3, 0.4) is 0 Å². The average molecular weight is 220 g/mol. The number of anilines is 1. The zero-order valence-corrected chi connectivity index (χ0v) is 9.56.